The van der Waals surface area contributed by atoms with Crippen molar-refractivity contribution < 1.29 is 14.3 Å². The van der Waals surface area contributed by atoms with Gasteiger partial charge in [-0.05, 0) is 31.2 Å². The van der Waals surface area contributed by atoms with E-state index in [0.717, 1.165) is 0 Å². The van der Waals surface area contributed by atoms with Crippen LogP contribution in [0, 0.1) is 0 Å². The molecule has 0 atom stereocenters. The number of carbonyl (C=O) groups excluding carboxylic acids is 2. The summed E-state index contributed by atoms with van der Waals surface area (Å²) < 4.78 is 6.16. The Labute approximate surface area is 105 Å². The molecule has 0 bridgehead atoms. The van der Waals surface area contributed by atoms with Gasteiger partial charge in [-0.1, -0.05) is 19.4 Å². The Morgan fingerprint density at radius 3 is 2.24 bits per heavy atom. The average molecular weight is 251 g/mol. The summed E-state index contributed by atoms with van der Waals surface area (Å²) in [6, 6.07) is 6.23. The molecule has 90 valence electrons. The second kappa shape index (κ2) is 5.54. The maximum atomic E-state index is 11.5. The van der Waals surface area contributed by atoms with E-state index in [2.05, 4.69) is 19.4 Å². The van der Waals surface area contributed by atoms with Crippen molar-refractivity contribution in [3.05, 3.63) is 42.0 Å². The standard InChI is InChI=1S/C12H13NO3S/c1-8(2)12(15)16-10-6-4-9(5-7-10)11(14)13(3)17/h4-7,17H,1H2,2-3H3. The second-order valence-electron chi connectivity index (χ2n) is 3.52. The van der Waals surface area contributed by atoms with Gasteiger partial charge in [0.15, 0.2) is 0 Å². The number of thiol groups is 1. The topological polar surface area (TPSA) is 46.6 Å². The molecule has 4 nitrogen and oxygen atoms in total. The van der Waals surface area contributed by atoms with E-state index in [1.165, 1.54) is 4.31 Å². The lowest BCUT2D eigenvalue weighted by Gasteiger charge is -2.09. The lowest BCUT2D eigenvalue weighted by atomic mass is 10.2. The van der Waals surface area contributed by atoms with Gasteiger partial charge in [-0.15, -0.1) is 0 Å². The van der Waals surface area contributed by atoms with E-state index in [1.54, 1.807) is 38.2 Å². The summed E-state index contributed by atoms with van der Waals surface area (Å²) in [5.41, 5.74) is 0.790. The first kappa shape index (κ1) is 13.3. The summed E-state index contributed by atoms with van der Waals surface area (Å²) >= 11 is 3.90. The monoisotopic (exact) mass is 251 g/mol. The number of hydrogen-bond donors (Lipinski definition) is 1. The summed E-state index contributed by atoms with van der Waals surface area (Å²) in [4.78, 5) is 22.7. The highest BCUT2D eigenvalue weighted by Crippen LogP contribution is 2.14. The van der Waals surface area contributed by atoms with Crippen molar-refractivity contribution in [2.24, 2.45) is 0 Å². The number of nitrogens with zero attached hydrogens (tertiary/aromatic N) is 1. The van der Waals surface area contributed by atoms with Crippen molar-refractivity contribution in [3.8, 4) is 5.75 Å². The summed E-state index contributed by atoms with van der Waals surface area (Å²) in [7, 11) is 1.54. The molecule has 17 heavy (non-hydrogen) atoms. The number of benzene rings is 1. The van der Waals surface area contributed by atoms with E-state index in [1.807, 2.05) is 0 Å². The van der Waals surface area contributed by atoms with Crippen molar-refractivity contribution in [1.82, 2.24) is 4.31 Å². The van der Waals surface area contributed by atoms with Gasteiger partial charge in [0.2, 0.25) is 0 Å². The quantitative estimate of drug-likeness (QED) is 0.387. The molecule has 0 aliphatic carbocycles. The molecule has 0 unspecified atom stereocenters. The molecule has 5 heteroatoms. The van der Waals surface area contributed by atoms with Crippen LogP contribution < -0.4 is 4.74 Å². The van der Waals surface area contributed by atoms with Gasteiger partial charge in [-0.3, -0.25) is 9.10 Å². The zero-order chi connectivity index (χ0) is 13.0. The molecule has 0 N–H and O–H groups in total. The molecule has 1 rings (SSSR count). The van der Waals surface area contributed by atoms with Gasteiger partial charge in [0, 0.05) is 18.2 Å². The minimum absolute atomic E-state index is 0.230. The van der Waals surface area contributed by atoms with Crippen LogP contribution in [0.25, 0.3) is 0 Å². The summed E-state index contributed by atoms with van der Waals surface area (Å²) in [6.07, 6.45) is 0. The van der Waals surface area contributed by atoms with Crippen LogP contribution in [-0.2, 0) is 4.79 Å². The van der Waals surface area contributed by atoms with Crippen LogP contribution in [0.4, 0.5) is 0 Å². The molecule has 0 aliphatic heterocycles. The second-order valence-corrected chi connectivity index (χ2v) is 4.12. The smallest absolute Gasteiger partial charge is 0.338 e. The Kier molecular flexibility index (Phi) is 4.34. The van der Waals surface area contributed by atoms with E-state index in [0.29, 0.717) is 16.9 Å². The largest absolute Gasteiger partial charge is 0.423 e. The first-order chi connectivity index (χ1) is 7.91. The summed E-state index contributed by atoms with van der Waals surface area (Å²) in [6.45, 7) is 5.04. The molecule has 0 spiro atoms. The van der Waals surface area contributed by atoms with Crippen molar-refractivity contribution in [2.45, 2.75) is 6.92 Å². The van der Waals surface area contributed by atoms with Crippen LogP contribution in [0.2, 0.25) is 0 Å². The lowest BCUT2D eigenvalue weighted by Crippen LogP contribution is -2.16. The Bertz CT molecular complexity index is 451. The number of rotatable bonds is 3. The average Bonchev–Trinajstić information content (AvgIpc) is 2.28. The maximum absolute atomic E-state index is 11.5. The molecule has 0 aliphatic rings. The van der Waals surface area contributed by atoms with Gasteiger partial charge >= 0.3 is 5.97 Å². The normalized spacial score (nSPS) is 9.59. The van der Waals surface area contributed by atoms with Crippen LogP contribution in [0.15, 0.2) is 36.4 Å². The van der Waals surface area contributed by atoms with E-state index in [-0.39, 0.29) is 5.91 Å². The molecule has 0 saturated heterocycles. The number of esters is 1. The third-order valence-corrected chi connectivity index (χ3v) is 2.14. The van der Waals surface area contributed by atoms with Crippen LogP contribution >= 0.6 is 12.8 Å². The van der Waals surface area contributed by atoms with Crippen LogP contribution in [0.1, 0.15) is 17.3 Å². The van der Waals surface area contributed by atoms with Gasteiger partial charge in [0.05, 0.1) is 0 Å². The zero-order valence-corrected chi connectivity index (χ0v) is 10.5. The molecule has 0 heterocycles. The molecule has 0 fully saturated rings. The van der Waals surface area contributed by atoms with Crippen LogP contribution in [0.5, 0.6) is 5.75 Å². The minimum Gasteiger partial charge on any atom is -0.423 e. The van der Waals surface area contributed by atoms with Crippen LogP contribution in [0.3, 0.4) is 0 Å². The van der Waals surface area contributed by atoms with Crippen molar-refractivity contribution >= 4 is 24.7 Å². The Balaban J connectivity index is 2.78. The Morgan fingerprint density at radius 2 is 1.82 bits per heavy atom. The number of hydrogen-bond acceptors (Lipinski definition) is 4. The van der Waals surface area contributed by atoms with Crippen molar-refractivity contribution in [1.29, 1.82) is 0 Å². The molecular formula is C12H13NO3S. The highest BCUT2D eigenvalue weighted by atomic mass is 32.1. The maximum Gasteiger partial charge on any atom is 0.338 e. The van der Waals surface area contributed by atoms with Gasteiger partial charge in [0.25, 0.3) is 5.91 Å². The fraction of sp³-hybridized carbons (Fsp3) is 0.167. The van der Waals surface area contributed by atoms with Crippen molar-refractivity contribution in [3.63, 3.8) is 0 Å². The van der Waals surface area contributed by atoms with Gasteiger partial charge in [0.1, 0.15) is 5.75 Å². The summed E-state index contributed by atoms with van der Waals surface area (Å²) in [5.74, 6) is -0.349. The van der Waals surface area contributed by atoms with E-state index in [4.69, 9.17) is 4.74 Å². The molecule has 1 amide bonds. The number of ether oxygens (including phenoxy) is 1. The third kappa shape index (κ3) is 3.64. The number of amides is 1. The van der Waals surface area contributed by atoms with Gasteiger partial charge in [-0.25, -0.2) is 4.79 Å². The first-order valence-electron chi connectivity index (χ1n) is 4.86. The predicted molar refractivity (Wildman–Crippen MR) is 68.0 cm³/mol. The molecular weight excluding hydrogens is 238 g/mol. The molecule has 0 radical (unpaired) electrons. The lowest BCUT2D eigenvalue weighted by molar-refractivity contribution is -0.130. The van der Waals surface area contributed by atoms with E-state index >= 15 is 0 Å². The molecule has 1 aromatic rings. The van der Waals surface area contributed by atoms with E-state index < -0.39 is 5.97 Å². The fourth-order valence-electron chi connectivity index (χ4n) is 1.05. The van der Waals surface area contributed by atoms with Gasteiger partial charge < -0.3 is 4.74 Å². The number of carbonyl (C=O) groups is 2. The highest BCUT2D eigenvalue weighted by Gasteiger charge is 2.09. The SMILES string of the molecule is C=C(C)C(=O)Oc1ccc(C(=O)N(C)S)cc1. The summed E-state index contributed by atoms with van der Waals surface area (Å²) in [5, 5.41) is 0. The minimum atomic E-state index is -0.490. The molecule has 0 saturated carbocycles. The fourth-order valence-corrected chi connectivity index (χ4v) is 1.16. The van der Waals surface area contributed by atoms with Crippen LogP contribution in [-0.4, -0.2) is 23.2 Å². The predicted octanol–water partition coefficient (Wildman–Crippen LogP) is 2.08. The highest BCUT2D eigenvalue weighted by molar-refractivity contribution is 7.78. The first-order valence-corrected chi connectivity index (χ1v) is 5.26. The van der Waals surface area contributed by atoms with E-state index in [9.17, 15) is 9.59 Å². The molecule has 0 aromatic heterocycles. The Morgan fingerprint density at radius 1 is 1.29 bits per heavy atom. The zero-order valence-electron chi connectivity index (χ0n) is 9.64. The third-order valence-electron chi connectivity index (χ3n) is 1.95. The van der Waals surface area contributed by atoms with Crippen molar-refractivity contribution in [2.75, 3.05) is 7.05 Å². The Hall–Kier alpha value is -1.75. The van der Waals surface area contributed by atoms with Gasteiger partial charge in [-0.2, -0.15) is 0 Å². The molecule has 1 aromatic carbocycles.